The van der Waals surface area contributed by atoms with Gasteiger partial charge in [0.15, 0.2) is 0 Å². The lowest BCUT2D eigenvalue weighted by molar-refractivity contribution is -0.154. The zero-order valence-corrected chi connectivity index (χ0v) is 21.1. The maximum atomic E-state index is 11.9. The molecule has 5 nitrogen and oxygen atoms in total. The Morgan fingerprint density at radius 3 is 1.83 bits per heavy atom. The summed E-state index contributed by atoms with van der Waals surface area (Å²) in [5, 5.41) is 11.9. The first kappa shape index (κ1) is 26.3. The molecule has 0 spiro atoms. The summed E-state index contributed by atoms with van der Waals surface area (Å²) in [4.78, 5) is 11.8. The van der Waals surface area contributed by atoms with E-state index in [4.69, 9.17) is 14.2 Å². The highest BCUT2D eigenvalue weighted by Gasteiger charge is 2.33. The smallest absolute Gasteiger partial charge is 0.306 e. The van der Waals surface area contributed by atoms with Crippen LogP contribution < -0.4 is 9.47 Å². The van der Waals surface area contributed by atoms with Crippen LogP contribution in [0.15, 0.2) is 78.9 Å². The van der Waals surface area contributed by atoms with E-state index >= 15 is 0 Å². The minimum atomic E-state index is -1.31. The molecule has 0 radical (unpaired) electrons. The average Bonchev–Trinajstić information content (AvgIpc) is 2.85. The lowest BCUT2D eigenvalue weighted by atomic mass is 9.80. The Morgan fingerprint density at radius 1 is 0.743 bits per heavy atom. The van der Waals surface area contributed by atoms with E-state index in [1.165, 1.54) is 0 Å². The van der Waals surface area contributed by atoms with Gasteiger partial charge in [-0.15, -0.1) is 0 Å². The molecule has 35 heavy (non-hydrogen) atoms. The SMILES string of the molecule is COc1ccc(C(O)(c2ccccc2)c2ccc(OCCCCCC(=O)OC(C)(C)C)cc2)cc1. The number of carbonyl (C=O) groups is 1. The number of methoxy groups -OCH3 is 1. The van der Waals surface area contributed by atoms with Gasteiger partial charge in [0.05, 0.1) is 13.7 Å². The summed E-state index contributed by atoms with van der Waals surface area (Å²) in [5.41, 5.74) is 0.533. The summed E-state index contributed by atoms with van der Waals surface area (Å²) in [6.07, 6.45) is 2.95. The third-order valence-corrected chi connectivity index (χ3v) is 5.69. The van der Waals surface area contributed by atoms with Gasteiger partial charge in [0.1, 0.15) is 22.7 Å². The normalized spacial score (nSPS) is 13.1. The van der Waals surface area contributed by atoms with Crippen LogP contribution >= 0.6 is 0 Å². The molecule has 0 saturated heterocycles. The summed E-state index contributed by atoms with van der Waals surface area (Å²) in [5.74, 6) is 1.32. The summed E-state index contributed by atoms with van der Waals surface area (Å²) in [7, 11) is 1.62. The first-order chi connectivity index (χ1) is 16.7. The van der Waals surface area contributed by atoms with Crippen LogP contribution in [0.1, 0.15) is 63.1 Å². The van der Waals surface area contributed by atoms with Crippen LogP contribution in [0.5, 0.6) is 11.5 Å². The molecule has 0 amide bonds. The Kier molecular flexibility index (Phi) is 8.94. The highest BCUT2D eigenvalue weighted by atomic mass is 16.6. The minimum Gasteiger partial charge on any atom is -0.497 e. The summed E-state index contributed by atoms with van der Waals surface area (Å²) in [6.45, 7) is 6.19. The fraction of sp³-hybridized carbons (Fsp3) is 0.367. The largest absolute Gasteiger partial charge is 0.497 e. The predicted octanol–water partition coefficient (Wildman–Crippen LogP) is 6.26. The number of hydrogen-bond acceptors (Lipinski definition) is 5. The molecule has 3 aromatic rings. The quantitative estimate of drug-likeness (QED) is 0.201. The number of hydrogen-bond donors (Lipinski definition) is 1. The molecule has 0 aromatic heterocycles. The monoisotopic (exact) mass is 476 g/mol. The lowest BCUT2D eigenvalue weighted by Gasteiger charge is -2.30. The van der Waals surface area contributed by atoms with Crippen molar-refractivity contribution in [3.05, 3.63) is 95.6 Å². The van der Waals surface area contributed by atoms with Crippen LogP contribution in [0.4, 0.5) is 0 Å². The third-order valence-electron chi connectivity index (χ3n) is 5.69. The molecule has 1 N–H and O–H groups in total. The molecule has 0 aliphatic rings. The van der Waals surface area contributed by atoms with E-state index < -0.39 is 11.2 Å². The standard InChI is InChI=1S/C30H36O5/c1-29(2,3)35-28(31)13-9-6-10-22-34-27-20-16-25(17-21-27)30(32,23-11-7-5-8-12-23)24-14-18-26(33-4)19-15-24/h5,7-8,11-12,14-21,32H,6,9-10,13,22H2,1-4H3. The van der Waals surface area contributed by atoms with Gasteiger partial charge in [-0.1, -0.05) is 54.6 Å². The maximum absolute atomic E-state index is 11.9. The van der Waals surface area contributed by atoms with E-state index in [2.05, 4.69) is 0 Å². The second-order valence-electron chi connectivity index (χ2n) is 9.57. The summed E-state index contributed by atoms with van der Waals surface area (Å²) in [6, 6.07) is 24.6. The van der Waals surface area contributed by atoms with Crippen molar-refractivity contribution < 1.29 is 24.1 Å². The third kappa shape index (κ3) is 7.33. The lowest BCUT2D eigenvalue weighted by Crippen LogP contribution is -2.28. The van der Waals surface area contributed by atoms with Gasteiger partial charge in [0, 0.05) is 6.42 Å². The number of esters is 1. The van der Waals surface area contributed by atoms with Crippen molar-refractivity contribution >= 4 is 5.97 Å². The topological polar surface area (TPSA) is 65.0 Å². The molecular weight excluding hydrogens is 440 g/mol. The maximum Gasteiger partial charge on any atom is 0.306 e. The van der Waals surface area contributed by atoms with Crippen LogP contribution in [0.25, 0.3) is 0 Å². The number of carbonyl (C=O) groups excluding carboxylic acids is 1. The molecule has 5 heteroatoms. The molecule has 3 aromatic carbocycles. The Bertz CT molecular complexity index is 1050. The van der Waals surface area contributed by atoms with Gasteiger partial charge in [-0.05, 0) is 81.0 Å². The second kappa shape index (κ2) is 11.9. The van der Waals surface area contributed by atoms with Crippen LogP contribution in [-0.2, 0) is 15.1 Å². The predicted molar refractivity (Wildman–Crippen MR) is 138 cm³/mol. The van der Waals surface area contributed by atoms with Crippen molar-refractivity contribution in [2.75, 3.05) is 13.7 Å². The summed E-state index contributed by atoms with van der Waals surface area (Å²) < 4.78 is 16.5. The number of rotatable bonds is 11. The minimum absolute atomic E-state index is 0.156. The van der Waals surface area contributed by atoms with Gasteiger partial charge < -0.3 is 19.3 Å². The molecule has 0 heterocycles. The van der Waals surface area contributed by atoms with E-state index in [0.29, 0.717) is 13.0 Å². The first-order valence-electron chi connectivity index (χ1n) is 12.1. The zero-order chi connectivity index (χ0) is 25.3. The molecule has 0 aliphatic heterocycles. The Labute approximate surface area is 208 Å². The van der Waals surface area contributed by atoms with Gasteiger partial charge in [-0.2, -0.15) is 0 Å². The summed E-state index contributed by atoms with van der Waals surface area (Å²) >= 11 is 0. The Hall–Kier alpha value is -3.31. The van der Waals surface area contributed by atoms with E-state index in [0.717, 1.165) is 47.5 Å². The van der Waals surface area contributed by atoms with Crippen molar-refractivity contribution in [2.45, 2.75) is 57.7 Å². The molecule has 1 unspecified atom stereocenters. The van der Waals surface area contributed by atoms with Gasteiger partial charge >= 0.3 is 5.97 Å². The van der Waals surface area contributed by atoms with Crippen molar-refractivity contribution in [3.63, 3.8) is 0 Å². The van der Waals surface area contributed by atoms with Crippen LogP contribution in [-0.4, -0.2) is 30.4 Å². The number of benzene rings is 3. The highest BCUT2D eigenvalue weighted by molar-refractivity contribution is 5.69. The molecule has 0 aliphatic carbocycles. The molecule has 3 rings (SSSR count). The van der Waals surface area contributed by atoms with Gasteiger partial charge in [0.2, 0.25) is 0 Å². The fourth-order valence-corrected chi connectivity index (χ4v) is 3.93. The van der Waals surface area contributed by atoms with Crippen LogP contribution in [0, 0.1) is 0 Å². The van der Waals surface area contributed by atoms with E-state index in [-0.39, 0.29) is 5.97 Å². The molecular formula is C30H36O5. The first-order valence-corrected chi connectivity index (χ1v) is 12.1. The molecule has 0 bridgehead atoms. The molecule has 0 fully saturated rings. The Morgan fingerprint density at radius 2 is 1.29 bits per heavy atom. The van der Waals surface area contributed by atoms with Crippen molar-refractivity contribution in [1.82, 2.24) is 0 Å². The van der Waals surface area contributed by atoms with Gasteiger partial charge in [0.25, 0.3) is 0 Å². The molecule has 1 atom stereocenters. The van der Waals surface area contributed by atoms with E-state index in [1.807, 2.05) is 99.6 Å². The average molecular weight is 477 g/mol. The van der Waals surface area contributed by atoms with E-state index in [9.17, 15) is 9.90 Å². The number of aliphatic hydroxyl groups is 1. The fourth-order valence-electron chi connectivity index (χ4n) is 3.93. The van der Waals surface area contributed by atoms with Crippen molar-refractivity contribution in [3.8, 4) is 11.5 Å². The van der Waals surface area contributed by atoms with Gasteiger partial charge in [-0.3, -0.25) is 4.79 Å². The van der Waals surface area contributed by atoms with Crippen molar-refractivity contribution in [2.24, 2.45) is 0 Å². The molecule has 0 saturated carbocycles. The Balaban J connectivity index is 1.61. The number of ether oxygens (including phenoxy) is 3. The van der Waals surface area contributed by atoms with Crippen LogP contribution in [0.2, 0.25) is 0 Å². The molecule has 186 valence electrons. The zero-order valence-electron chi connectivity index (χ0n) is 21.1. The van der Waals surface area contributed by atoms with E-state index in [1.54, 1.807) is 7.11 Å². The van der Waals surface area contributed by atoms with Crippen LogP contribution in [0.3, 0.4) is 0 Å². The van der Waals surface area contributed by atoms with Gasteiger partial charge in [-0.25, -0.2) is 0 Å². The number of unbranched alkanes of at least 4 members (excludes halogenated alkanes) is 2. The second-order valence-corrected chi connectivity index (χ2v) is 9.57. The highest BCUT2D eigenvalue weighted by Crippen LogP contribution is 2.37. The van der Waals surface area contributed by atoms with Crippen molar-refractivity contribution in [1.29, 1.82) is 0 Å².